The van der Waals surface area contributed by atoms with E-state index in [1.54, 1.807) is 27.7 Å². The van der Waals surface area contributed by atoms with Gasteiger partial charge in [0.1, 0.15) is 5.69 Å². The van der Waals surface area contributed by atoms with Crippen LogP contribution in [0.2, 0.25) is 0 Å². The van der Waals surface area contributed by atoms with Gasteiger partial charge in [0, 0.05) is 74.3 Å². The summed E-state index contributed by atoms with van der Waals surface area (Å²) in [6.07, 6.45) is 7.24. The fourth-order valence-corrected chi connectivity index (χ4v) is 8.48. The summed E-state index contributed by atoms with van der Waals surface area (Å²) in [5, 5.41) is 63.9. The number of carbonyl (C=O) groups excluding carboxylic acids is 2. The van der Waals surface area contributed by atoms with Gasteiger partial charge in [0.2, 0.25) is 12.1 Å². The van der Waals surface area contributed by atoms with Crippen molar-refractivity contribution in [2.45, 2.75) is 6.54 Å². The summed E-state index contributed by atoms with van der Waals surface area (Å²) in [5.41, 5.74) is 6.86. The number of rotatable bonds is 28. The Morgan fingerprint density at radius 2 is 1.20 bits per heavy atom. The number of aliphatic hydroxyl groups excluding tert-OH is 4. The smallest absolute Gasteiger partial charge is 0.286 e. The maximum Gasteiger partial charge on any atom is 0.286 e. The van der Waals surface area contributed by atoms with Crippen LogP contribution in [-0.4, -0.2) is 116 Å². The van der Waals surface area contributed by atoms with Gasteiger partial charge < -0.3 is 46.2 Å². The Balaban J connectivity index is 1.02. The number of nitrogens with zero attached hydrogens (tertiary/aromatic N) is 7. The number of hydrogen-bond acceptors (Lipinski definition) is 14. The summed E-state index contributed by atoms with van der Waals surface area (Å²) in [4.78, 5) is 29.5. The fraction of sp³-hybridized carbons (Fsp3) is 0.298. The van der Waals surface area contributed by atoms with Crippen LogP contribution < -0.4 is 30.3 Å². The highest BCUT2D eigenvalue weighted by Crippen LogP contribution is 2.30. The number of pyridine rings is 1. The highest BCUT2D eigenvalue weighted by molar-refractivity contribution is 8.76. The van der Waals surface area contributed by atoms with Gasteiger partial charge in [0.25, 0.3) is 11.8 Å². The van der Waals surface area contributed by atoms with Crippen LogP contribution in [0.3, 0.4) is 0 Å². The zero-order valence-electron chi connectivity index (χ0n) is 36.3. The number of fused-ring (bicyclic) bond motifs is 1. The number of amides is 2. The zero-order valence-corrected chi connectivity index (χ0v) is 37.9. The molecule has 0 atom stereocenters. The fourth-order valence-electron chi connectivity index (χ4n) is 6.67. The highest BCUT2D eigenvalue weighted by atomic mass is 33.1. The highest BCUT2D eigenvalue weighted by Gasteiger charge is 2.16. The number of allylic oxidation sites excluding steroid dienone is 2. The van der Waals surface area contributed by atoms with Crippen molar-refractivity contribution in [3.8, 4) is 0 Å². The Labute approximate surface area is 387 Å². The van der Waals surface area contributed by atoms with E-state index in [4.69, 9.17) is 0 Å². The molecule has 0 radical (unpaired) electrons. The number of aromatic nitrogens is 1. The SMILES string of the molecule is C=C/C=C\c1c(N=Nc2ccc(N(CCO)CCO)cc2)cccc1[NH2+]CC(=O)NCCSSCCNC(=O)C[n+]1cccc2c(N=Nc3ccc(N(CCO)CCO)cc3)cccc21. The minimum absolute atomic E-state index is 0.0126. The number of quaternary nitrogens is 1. The van der Waals surface area contributed by atoms with Crippen molar-refractivity contribution < 1.29 is 39.9 Å². The molecule has 0 aliphatic heterocycles. The van der Waals surface area contributed by atoms with Gasteiger partial charge in [-0.2, -0.15) is 14.8 Å². The lowest BCUT2D eigenvalue weighted by molar-refractivity contribution is -0.658. The Hall–Kier alpha value is -5.99. The molecule has 0 saturated heterocycles. The normalized spacial score (nSPS) is 11.5. The summed E-state index contributed by atoms with van der Waals surface area (Å²) >= 11 is 0. The van der Waals surface area contributed by atoms with Crippen LogP contribution in [0.5, 0.6) is 0 Å². The molecule has 1 aromatic heterocycles. The summed E-state index contributed by atoms with van der Waals surface area (Å²) in [6, 6.07) is 30.1. The maximum atomic E-state index is 12.9. The van der Waals surface area contributed by atoms with Gasteiger partial charge in [0.05, 0.1) is 60.1 Å². The number of azo groups is 2. The van der Waals surface area contributed by atoms with E-state index in [1.165, 1.54) is 0 Å². The van der Waals surface area contributed by atoms with Crippen LogP contribution in [0.4, 0.5) is 39.8 Å². The van der Waals surface area contributed by atoms with Crippen molar-refractivity contribution in [2.75, 3.05) is 93.5 Å². The molecule has 0 unspecified atom stereocenters. The van der Waals surface area contributed by atoms with Crippen molar-refractivity contribution >= 4 is 90.2 Å². The molecule has 5 rings (SSSR count). The first-order valence-electron chi connectivity index (χ1n) is 21.3. The molecule has 0 bridgehead atoms. The first kappa shape index (κ1) is 50.0. The van der Waals surface area contributed by atoms with E-state index in [0.717, 1.165) is 33.5 Å². The Bertz CT molecular complexity index is 2360. The van der Waals surface area contributed by atoms with Crippen LogP contribution in [-0.2, 0) is 16.1 Å². The second kappa shape index (κ2) is 28.0. The van der Waals surface area contributed by atoms with Crippen LogP contribution in [0.15, 0.2) is 142 Å². The average molecular weight is 923 g/mol. The van der Waals surface area contributed by atoms with E-state index >= 15 is 0 Å². The molecule has 2 amide bonds. The van der Waals surface area contributed by atoms with E-state index in [2.05, 4.69) is 37.7 Å². The molecule has 0 saturated carbocycles. The van der Waals surface area contributed by atoms with Gasteiger partial charge in [0.15, 0.2) is 12.7 Å². The Morgan fingerprint density at radius 3 is 1.77 bits per heavy atom. The largest absolute Gasteiger partial charge is 0.395 e. The van der Waals surface area contributed by atoms with Gasteiger partial charge in [-0.05, 0) is 78.9 Å². The van der Waals surface area contributed by atoms with Gasteiger partial charge in [-0.3, -0.25) is 9.59 Å². The summed E-state index contributed by atoms with van der Waals surface area (Å²) in [7, 11) is 3.27. The first-order chi connectivity index (χ1) is 31.9. The number of nitrogens with two attached hydrogens (primary N) is 1. The number of nitrogens with one attached hydrogen (secondary N) is 2. The molecule has 0 aliphatic carbocycles. The van der Waals surface area contributed by atoms with Gasteiger partial charge in [-0.1, -0.05) is 52.5 Å². The third kappa shape index (κ3) is 16.2. The van der Waals surface area contributed by atoms with Crippen LogP contribution in [0, 0.1) is 0 Å². The molecule has 0 spiro atoms. The minimum atomic E-state index is -0.107. The van der Waals surface area contributed by atoms with E-state index in [0.29, 0.717) is 73.5 Å². The number of aliphatic hydroxyl groups is 4. The molecule has 65 heavy (non-hydrogen) atoms. The third-order valence-electron chi connectivity index (χ3n) is 9.79. The van der Waals surface area contributed by atoms with Crippen molar-refractivity contribution in [1.82, 2.24) is 10.6 Å². The van der Waals surface area contributed by atoms with Gasteiger partial charge in [-0.15, -0.1) is 10.2 Å². The average Bonchev–Trinajstić information content (AvgIpc) is 3.32. The maximum absolute atomic E-state index is 12.9. The second-order valence-electron chi connectivity index (χ2n) is 14.3. The van der Waals surface area contributed by atoms with Crippen LogP contribution >= 0.6 is 21.6 Å². The lowest BCUT2D eigenvalue weighted by Gasteiger charge is -2.22. The van der Waals surface area contributed by atoms with Crippen molar-refractivity contribution in [3.63, 3.8) is 0 Å². The van der Waals surface area contributed by atoms with E-state index < -0.39 is 0 Å². The molecule has 0 aliphatic rings. The molecule has 5 aromatic rings. The predicted molar refractivity (Wildman–Crippen MR) is 261 cm³/mol. The molecule has 8 N–H and O–H groups in total. The summed E-state index contributed by atoms with van der Waals surface area (Å²) in [6.45, 7) is 6.74. The molecule has 16 nitrogen and oxygen atoms in total. The predicted octanol–water partition coefficient (Wildman–Crippen LogP) is 5.25. The molecular formula is C47H58N10O6S2+2. The quantitative estimate of drug-likeness (QED) is 0.00865. The molecule has 0 fully saturated rings. The molecule has 18 heteroatoms. The summed E-state index contributed by atoms with van der Waals surface area (Å²) in [5.74, 6) is 1.21. The second-order valence-corrected chi connectivity index (χ2v) is 17.0. The van der Waals surface area contributed by atoms with E-state index in [9.17, 15) is 30.0 Å². The van der Waals surface area contributed by atoms with Crippen LogP contribution in [0.1, 0.15) is 5.56 Å². The van der Waals surface area contributed by atoms with Crippen molar-refractivity contribution in [3.05, 3.63) is 128 Å². The molecule has 342 valence electrons. The van der Waals surface area contributed by atoms with Crippen LogP contribution in [0.25, 0.3) is 17.0 Å². The standard InChI is InChI=1S/C47H56N10O6S2/c1-2-3-7-40-42(9-4-10-43(40)53-51-36-13-17-38(18-14-36)55(24-28-58)25-29-59)50-34-46(62)48-21-32-64-65-33-22-49-47(63)35-57-23-6-8-41-44(11-5-12-45(41)57)54-52-37-15-19-39(20-16-37)56(26-30-60)27-31-61/h2-20,23,50,58-61H,1,21-22,24-35H2,(H-,48,49,62,63)/p+2/b7-3-,53-51?. The molecule has 1 heterocycles. The lowest BCUT2D eigenvalue weighted by atomic mass is 10.1. The molecule has 4 aromatic carbocycles. The topological polar surface area (TPSA) is 216 Å². The van der Waals surface area contributed by atoms with Gasteiger partial charge >= 0.3 is 0 Å². The summed E-state index contributed by atoms with van der Waals surface area (Å²) < 4.78 is 1.89. The first-order valence-corrected chi connectivity index (χ1v) is 23.8. The number of benzene rings is 4. The zero-order chi connectivity index (χ0) is 46.1. The van der Waals surface area contributed by atoms with E-state index in [-0.39, 0.29) is 51.3 Å². The van der Waals surface area contributed by atoms with Gasteiger partial charge in [-0.25, -0.2) is 0 Å². The third-order valence-corrected chi connectivity index (χ3v) is 12.2. The van der Waals surface area contributed by atoms with E-state index in [1.807, 2.05) is 135 Å². The lowest BCUT2D eigenvalue weighted by Crippen LogP contribution is -2.81. The number of hydrogen-bond donors (Lipinski definition) is 7. The Morgan fingerprint density at radius 1 is 0.662 bits per heavy atom. The minimum Gasteiger partial charge on any atom is -0.395 e. The van der Waals surface area contributed by atoms with Crippen molar-refractivity contribution in [2.24, 2.45) is 20.5 Å². The van der Waals surface area contributed by atoms with Crippen molar-refractivity contribution in [1.29, 1.82) is 0 Å². The monoisotopic (exact) mass is 922 g/mol. The Kier molecular flexibility index (Phi) is 21.6. The number of anilines is 2. The molecular weight excluding hydrogens is 865 g/mol. The number of carbonyl (C=O) groups is 2.